The van der Waals surface area contributed by atoms with Crippen molar-refractivity contribution in [2.24, 2.45) is 0 Å². The lowest BCUT2D eigenvalue weighted by Gasteiger charge is -2.38. The highest BCUT2D eigenvalue weighted by atomic mass is 35.5. The number of nitrogens with two attached hydrogens (primary N) is 2. The molecule has 1 aromatic carbocycles. The molecule has 0 aliphatic carbocycles. The van der Waals surface area contributed by atoms with E-state index in [0.717, 1.165) is 25.9 Å². The summed E-state index contributed by atoms with van der Waals surface area (Å²) >= 11 is 5.88. The summed E-state index contributed by atoms with van der Waals surface area (Å²) in [6.07, 6.45) is 2.11. The summed E-state index contributed by atoms with van der Waals surface area (Å²) in [6, 6.07) is 1.92. The molecule has 4 nitrogen and oxygen atoms in total. The molecule has 1 aliphatic rings. The van der Waals surface area contributed by atoms with Crippen molar-refractivity contribution >= 4 is 28.7 Å². The predicted octanol–water partition coefficient (Wildman–Crippen LogP) is 2.17. The minimum absolute atomic E-state index is 0.0452. The average Bonchev–Trinajstić information content (AvgIpc) is 2.36. The zero-order valence-electron chi connectivity index (χ0n) is 11.3. The van der Waals surface area contributed by atoms with Crippen LogP contribution in [0.1, 0.15) is 12.8 Å². The van der Waals surface area contributed by atoms with Crippen LogP contribution in [-0.2, 0) is 0 Å². The smallest absolute Gasteiger partial charge is 0.169 e. The van der Waals surface area contributed by atoms with Crippen molar-refractivity contribution in [1.82, 2.24) is 4.90 Å². The standard InChI is InChI=1S/C13H20ClFN4/c1-18(2)8-4-3-5-19(7-8)13-10(17)6-9(16)11(14)12(13)15/h6,8H,3-5,7,16-17H2,1-2H3. The fourth-order valence-corrected chi connectivity index (χ4v) is 2.70. The molecule has 1 aromatic rings. The van der Waals surface area contributed by atoms with Crippen LogP contribution in [0, 0.1) is 5.82 Å². The van der Waals surface area contributed by atoms with E-state index in [4.69, 9.17) is 23.1 Å². The molecule has 19 heavy (non-hydrogen) atoms. The Kier molecular flexibility index (Phi) is 4.06. The number of piperidine rings is 1. The largest absolute Gasteiger partial charge is 0.397 e. The molecule has 2 rings (SSSR count). The number of nitrogen functional groups attached to an aromatic ring is 2. The van der Waals surface area contributed by atoms with E-state index in [0.29, 0.717) is 17.4 Å². The Bertz CT molecular complexity index is 478. The SMILES string of the molecule is CN(C)C1CCCN(c2c(N)cc(N)c(Cl)c2F)C1. The monoisotopic (exact) mass is 286 g/mol. The summed E-state index contributed by atoms with van der Waals surface area (Å²) in [5, 5.41) is -0.0452. The maximum Gasteiger partial charge on any atom is 0.169 e. The number of halogens is 2. The first-order chi connectivity index (χ1) is 8.91. The molecular weight excluding hydrogens is 267 g/mol. The van der Waals surface area contributed by atoms with Crippen LogP contribution < -0.4 is 16.4 Å². The normalized spacial score (nSPS) is 20.1. The Morgan fingerprint density at radius 3 is 2.68 bits per heavy atom. The van der Waals surface area contributed by atoms with Crippen LogP contribution in [0.5, 0.6) is 0 Å². The Hall–Kier alpha value is -1.20. The van der Waals surface area contributed by atoms with E-state index >= 15 is 0 Å². The first kappa shape index (κ1) is 14.2. The predicted molar refractivity (Wildman–Crippen MR) is 79.2 cm³/mol. The van der Waals surface area contributed by atoms with Crippen LogP contribution >= 0.6 is 11.6 Å². The van der Waals surface area contributed by atoms with E-state index in [1.54, 1.807) is 0 Å². The highest BCUT2D eigenvalue weighted by Gasteiger charge is 2.26. The van der Waals surface area contributed by atoms with Gasteiger partial charge in [-0.2, -0.15) is 0 Å². The van der Waals surface area contributed by atoms with Gasteiger partial charge in [-0.15, -0.1) is 0 Å². The van der Waals surface area contributed by atoms with Crippen LogP contribution in [0.25, 0.3) is 0 Å². The number of likely N-dealkylation sites (N-methyl/N-ethyl adjacent to an activating group) is 1. The van der Waals surface area contributed by atoms with Gasteiger partial charge in [-0.25, -0.2) is 4.39 Å². The maximum atomic E-state index is 14.3. The fraction of sp³-hybridized carbons (Fsp3) is 0.538. The Morgan fingerprint density at radius 2 is 2.05 bits per heavy atom. The highest BCUT2D eigenvalue weighted by molar-refractivity contribution is 6.33. The van der Waals surface area contributed by atoms with Crippen LogP contribution in [0.4, 0.5) is 21.5 Å². The molecule has 1 heterocycles. The summed E-state index contributed by atoms with van der Waals surface area (Å²) in [5.74, 6) is -0.515. The molecule has 6 heteroatoms. The van der Waals surface area contributed by atoms with Crippen molar-refractivity contribution in [3.8, 4) is 0 Å². The van der Waals surface area contributed by atoms with Gasteiger partial charge in [0.2, 0.25) is 0 Å². The van der Waals surface area contributed by atoms with Crippen molar-refractivity contribution in [1.29, 1.82) is 0 Å². The topological polar surface area (TPSA) is 58.5 Å². The number of anilines is 3. The summed E-state index contributed by atoms with van der Waals surface area (Å²) < 4.78 is 14.3. The van der Waals surface area contributed by atoms with E-state index in [1.165, 1.54) is 6.07 Å². The lowest BCUT2D eigenvalue weighted by molar-refractivity contribution is 0.257. The Morgan fingerprint density at radius 1 is 1.37 bits per heavy atom. The quantitative estimate of drug-likeness (QED) is 0.818. The fourth-order valence-electron chi connectivity index (χ4n) is 2.56. The van der Waals surface area contributed by atoms with Gasteiger partial charge in [-0.3, -0.25) is 0 Å². The van der Waals surface area contributed by atoms with E-state index in [2.05, 4.69) is 4.90 Å². The molecule has 1 unspecified atom stereocenters. The third kappa shape index (κ3) is 2.72. The summed E-state index contributed by atoms with van der Waals surface area (Å²) in [5.41, 5.74) is 12.4. The van der Waals surface area contributed by atoms with Gasteiger partial charge in [0.05, 0.1) is 17.1 Å². The van der Waals surface area contributed by atoms with Crippen LogP contribution in [0.15, 0.2) is 6.07 Å². The number of rotatable bonds is 2. The first-order valence-electron chi connectivity index (χ1n) is 6.36. The molecule has 0 amide bonds. The van der Waals surface area contributed by atoms with Crippen LogP contribution in [0.3, 0.4) is 0 Å². The molecule has 1 atom stereocenters. The van der Waals surface area contributed by atoms with Gasteiger partial charge in [-0.1, -0.05) is 11.6 Å². The number of benzene rings is 1. The van der Waals surface area contributed by atoms with E-state index < -0.39 is 5.82 Å². The third-order valence-corrected chi connectivity index (χ3v) is 4.07. The minimum Gasteiger partial charge on any atom is -0.397 e. The zero-order valence-corrected chi connectivity index (χ0v) is 12.0. The summed E-state index contributed by atoms with van der Waals surface area (Å²) in [6.45, 7) is 1.53. The lowest BCUT2D eigenvalue weighted by Crippen LogP contribution is -2.45. The van der Waals surface area contributed by atoms with Crippen molar-refractivity contribution in [2.75, 3.05) is 43.6 Å². The molecule has 1 aliphatic heterocycles. The molecule has 1 fully saturated rings. The van der Waals surface area contributed by atoms with Gasteiger partial charge < -0.3 is 21.3 Å². The van der Waals surface area contributed by atoms with E-state index in [9.17, 15) is 4.39 Å². The van der Waals surface area contributed by atoms with E-state index in [1.807, 2.05) is 19.0 Å². The number of hydrogen-bond acceptors (Lipinski definition) is 4. The molecule has 0 spiro atoms. The summed E-state index contributed by atoms with van der Waals surface area (Å²) in [7, 11) is 4.06. The van der Waals surface area contributed by atoms with Gasteiger partial charge in [0.25, 0.3) is 0 Å². The minimum atomic E-state index is -0.515. The Balaban J connectivity index is 2.34. The molecule has 0 aromatic heterocycles. The average molecular weight is 287 g/mol. The van der Waals surface area contributed by atoms with Crippen molar-refractivity contribution in [2.45, 2.75) is 18.9 Å². The molecule has 106 valence electrons. The van der Waals surface area contributed by atoms with Gasteiger partial charge in [0, 0.05) is 19.1 Å². The van der Waals surface area contributed by atoms with E-state index in [-0.39, 0.29) is 10.7 Å². The van der Waals surface area contributed by atoms with Crippen LogP contribution in [-0.4, -0.2) is 38.1 Å². The molecule has 0 saturated carbocycles. The molecular formula is C13H20ClFN4. The van der Waals surface area contributed by atoms with Gasteiger partial charge >= 0.3 is 0 Å². The first-order valence-corrected chi connectivity index (χ1v) is 6.74. The maximum absolute atomic E-state index is 14.3. The van der Waals surface area contributed by atoms with Gasteiger partial charge in [0.15, 0.2) is 5.82 Å². The van der Waals surface area contributed by atoms with Crippen molar-refractivity contribution in [3.63, 3.8) is 0 Å². The molecule has 0 bridgehead atoms. The lowest BCUT2D eigenvalue weighted by atomic mass is 10.0. The Labute approximate surface area is 118 Å². The molecule has 1 saturated heterocycles. The second-order valence-corrected chi connectivity index (χ2v) is 5.62. The summed E-state index contributed by atoms with van der Waals surface area (Å²) in [4.78, 5) is 4.11. The second kappa shape index (κ2) is 5.43. The number of nitrogens with zero attached hydrogens (tertiary/aromatic N) is 2. The van der Waals surface area contributed by atoms with Crippen LogP contribution in [0.2, 0.25) is 5.02 Å². The zero-order chi connectivity index (χ0) is 14.2. The highest BCUT2D eigenvalue weighted by Crippen LogP contribution is 2.37. The number of hydrogen-bond donors (Lipinski definition) is 2. The van der Waals surface area contributed by atoms with Gasteiger partial charge in [0.1, 0.15) is 5.02 Å². The third-order valence-electron chi connectivity index (χ3n) is 3.68. The molecule has 0 radical (unpaired) electrons. The van der Waals surface area contributed by atoms with Crippen molar-refractivity contribution in [3.05, 3.63) is 16.9 Å². The van der Waals surface area contributed by atoms with Gasteiger partial charge in [-0.05, 0) is 33.0 Å². The van der Waals surface area contributed by atoms with Crippen molar-refractivity contribution < 1.29 is 4.39 Å². The second-order valence-electron chi connectivity index (χ2n) is 5.24. The molecule has 4 N–H and O–H groups in total.